The van der Waals surface area contributed by atoms with Gasteiger partial charge in [0.25, 0.3) is 0 Å². The molecule has 6 heteroatoms. The Hall–Kier alpha value is -2.36. The normalized spacial score (nSPS) is 17.1. The molecular formula is C19H24N4O2. The smallest absolute Gasteiger partial charge is 0.148 e. The van der Waals surface area contributed by atoms with E-state index in [1.165, 1.54) is 24.7 Å². The van der Waals surface area contributed by atoms with E-state index < -0.39 is 6.10 Å². The maximum Gasteiger partial charge on any atom is 0.148 e. The highest BCUT2D eigenvalue weighted by molar-refractivity contribution is 5.97. The number of nitrogens with two attached hydrogens (primary N) is 1. The summed E-state index contributed by atoms with van der Waals surface area (Å²) in [7, 11) is 0. The molecule has 2 atom stereocenters. The van der Waals surface area contributed by atoms with Gasteiger partial charge in [-0.3, -0.25) is 0 Å². The van der Waals surface area contributed by atoms with E-state index in [0.717, 1.165) is 29.4 Å². The van der Waals surface area contributed by atoms with E-state index in [-0.39, 0.29) is 12.8 Å². The number of terminal acetylenes is 1. The maximum atomic E-state index is 9.43. The standard InChI is InChI=1S/C19H24N4O2/c1-3-7-15(11-24)25-13(2)23-10-16(14-8-5-4-6-9-14)17-18(20)21-12-22-19(17)23/h1,8,10,12-13,15,24H,4-7,9,11H2,2H3,(H2,20,21,22)/t13-,15+/m1/s1. The zero-order valence-corrected chi connectivity index (χ0v) is 14.5. The van der Waals surface area contributed by atoms with Gasteiger partial charge in [0, 0.05) is 18.2 Å². The average molecular weight is 340 g/mol. The molecular weight excluding hydrogens is 316 g/mol. The molecule has 0 saturated heterocycles. The van der Waals surface area contributed by atoms with Crippen molar-refractivity contribution in [3.05, 3.63) is 24.2 Å². The molecule has 0 bridgehead atoms. The second-order valence-electron chi connectivity index (χ2n) is 6.33. The van der Waals surface area contributed by atoms with Crippen molar-refractivity contribution in [2.45, 2.75) is 51.4 Å². The van der Waals surface area contributed by atoms with Gasteiger partial charge in [0.05, 0.1) is 18.1 Å². The van der Waals surface area contributed by atoms with E-state index >= 15 is 0 Å². The molecule has 1 aliphatic carbocycles. The molecule has 1 aliphatic rings. The molecule has 2 heterocycles. The number of hydrogen-bond acceptors (Lipinski definition) is 5. The van der Waals surface area contributed by atoms with Crippen molar-refractivity contribution in [1.29, 1.82) is 0 Å². The second kappa shape index (κ2) is 7.68. The molecule has 0 amide bonds. The van der Waals surface area contributed by atoms with E-state index in [9.17, 15) is 5.11 Å². The molecule has 0 fully saturated rings. The van der Waals surface area contributed by atoms with Gasteiger partial charge in [0.1, 0.15) is 24.0 Å². The van der Waals surface area contributed by atoms with Crippen LogP contribution in [0.5, 0.6) is 0 Å². The van der Waals surface area contributed by atoms with Crippen LogP contribution in [0.2, 0.25) is 0 Å². The molecule has 0 saturated carbocycles. The number of anilines is 1. The van der Waals surface area contributed by atoms with Gasteiger partial charge in [-0.2, -0.15) is 0 Å². The predicted molar refractivity (Wildman–Crippen MR) is 98.5 cm³/mol. The van der Waals surface area contributed by atoms with E-state index in [1.807, 2.05) is 17.7 Å². The minimum absolute atomic E-state index is 0.122. The van der Waals surface area contributed by atoms with Gasteiger partial charge in [-0.15, -0.1) is 12.3 Å². The van der Waals surface area contributed by atoms with E-state index in [0.29, 0.717) is 12.2 Å². The number of aromatic nitrogens is 3. The number of fused-ring (bicyclic) bond motifs is 1. The number of rotatable bonds is 6. The Morgan fingerprint density at radius 2 is 2.28 bits per heavy atom. The molecule has 3 rings (SSSR count). The van der Waals surface area contributed by atoms with Crippen molar-refractivity contribution in [1.82, 2.24) is 14.5 Å². The molecule has 0 aliphatic heterocycles. The zero-order chi connectivity index (χ0) is 17.8. The summed E-state index contributed by atoms with van der Waals surface area (Å²) in [5.41, 5.74) is 9.24. The molecule has 3 N–H and O–H groups in total. The van der Waals surface area contributed by atoms with Crippen LogP contribution in [0.25, 0.3) is 16.6 Å². The fourth-order valence-corrected chi connectivity index (χ4v) is 3.34. The Morgan fingerprint density at radius 1 is 1.44 bits per heavy atom. The number of allylic oxidation sites excluding steroid dienone is 2. The first-order valence-electron chi connectivity index (χ1n) is 8.66. The molecule has 2 aromatic rings. The number of aliphatic hydroxyl groups excluding tert-OH is 1. The lowest BCUT2D eigenvalue weighted by Gasteiger charge is -2.21. The Balaban J connectivity index is 2.02. The molecule has 6 nitrogen and oxygen atoms in total. The number of ether oxygens (including phenoxy) is 1. The van der Waals surface area contributed by atoms with Crippen LogP contribution in [0.15, 0.2) is 18.6 Å². The van der Waals surface area contributed by atoms with Crippen LogP contribution in [-0.4, -0.2) is 32.4 Å². The molecule has 25 heavy (non-hydrogen) atoms. The molecule has 0 unspecified atom stereocenters. The SMILES string of the molecule is C#CC[C@@H](CO)O[C@H](C)n1cc(C2=CCCCC2)c2c(N)ncnc21. The number of nitrogens with zero attached hydrogens (tertiary/aromatic N) is 3. The minimum Gasteiger partial charge on any atom is -0.394 e. The molecule has 0 spiro atoms. The van der Waals surface area contributed by atoms with Crippen LogP contribution < -0.4 is 5.73 Å². The highest BCUT2D eigenvalue weighted by atomic mass is 16.5. The van der Waals surface area contributed by atoms with E-state index in [2.05, 4.69) is 22.0 Å². The lowest BCUT2D eigenvalue weighted by Crippen LogP contribution is -2.22. The zero-order valence-electron chi connectivity index (χ0n) is 14.5. The van der Waals surface area contributed by atoms with E-state index in [4.69, 9.17) is 16.9 Å². The Labute approximate surface area is 147 Å². The second-order valence-corrected chi connectivity index (χ2v) is 6.33. The van der Waals surface area contributed by atoms with Gasteiger partial charge < -0.3 is 20.1 Å². The van der Waals surface area contributed by atoms with Crippen LogP contribution in [0.1, 0.15) is 50.8 Å². The summed E-state index contributed by atoms with van der Waals surface area (Å²) in [4.78, 5) is 8.58. The van der Waals surface area contributed by atoms with Crippen molar-refractivity contribution in [3.8, 4) is 12.3 Å². The first kappa shape index (κ1) is 17.5. The average Bonchev–Trinajstić information content (AvgIpc) is 3.03. The third-order valence-corrected chi connectivity index (χ3v) is 4.61. The summed E-state index contributed by atoms with van der Waals surface area (Å²) in [6, 6.07) is 0. The largest absolute Gasteiger partial charge is 0.394 e. The lowest BCUT2D eigenvalue weighted by molar-refractivity contribution is -0.0605. The lowest BCUT2D eigenvalue weighted by atomic mass is 9.94. The van der Waals surface area contributed by atoms with Gasteiger partial charge >= 0.3 is 0 Å². The first-order valence-corrected chi connectivity index (χ1v) is 8.66. The third kappa shape index (κ3) is 3.53. The summed E-state index contributed by atoms with van der Waals surface area (Å²) in [6.07, 6.45) is 15.2. The number of aliphatic hydroxyl groups is 1. The van der Waals surface area contributed by atoms with Crippen LogP contribution in [0.4, 0.5) is 5.82 Å². The van der Waals surface area contributed by atoms with Gasteiger partial charge in [0.15, 0.2) is 0 Å². The molecule has 2 aromatic heterocycles. The quantitative estimate of drug-likeness (QED) is 0.790. The summed E-state index contributed by atoms with van der Waals surface area (Å²) in [5.74, 6) is 3.00. The van der Waals surface area contributed by atoms with Crippen LogP contribution in [0.3, 0.4) is 0 Å². The Bertz CT molecular complexity index is 819. The van der Waals surface area contributed by atoms with Crippen LogP contribution >= 0.6 is 0 Å². The van der Waals surface area contributed by atoms with Crippen molar-refractivity contribution in [2.24, 2.45) is 0 Å². The highest BCUT2D eigenvalue weighted by Crippen LogP contribution is 2.36. The van der Waals surface area contributed by atoms with Gasteiger partial charge in [0.2, 0.25) is 0 Å². The fourth-order valence-electron chi connectivity index (χ4n) is 3.34. The minimum atomic E-state index is -0.408. The first-order chi connectivity index (χ1) is 12.2. The summed E-state index contributed by atoms with van der Waals surface area (Å²) in [6.45, 7) is 1.79. The molecule has 132 valence electrons. The van der Waals surface area contributed by atoms with Crippen molar-refractivity contribution in [2.75, 3.05) is 12.3 Å². The number of hydrogen-bond donors (Lipinski definition) is 2. The monoisotopic (exact) mass is 340 g/mol. The van der Waals surface area contributed by atoms with Crippen LogP contribution in [-0.2, 0) is 4.74 Å². The topological polar surface area (TPSA) is 86.2 Å². The Kier molecular flexibility index (Phi) is 5.37. The van der Waals surface area contributed by atoms with Crippen molar-refractivity contribution < 1.29 is 9.84 Å². The molecule has 0 radical (unpaired) electrons. The van der Waals surface area contributed by atoms with E-state index in [1.54, 1.807) is 0 Å². The summed E-state index contributed by atoms with van der Waals surface area (Å²) in [5, 5.41) is 10.3. The maximum absolute atomic E-state index is 9.43. The van der Waals surface area contributed by atoms with Gasteiger partial charge in [-0.1, -0.05) is 6.08 Å². The van der Waals surface area contributed by atoms with Gasteiger partial charge in [-0.25, -0.2) is 9.97 Å². The Morgan fingerprint density at radius 3 is 2.96 bits per heavy atom. The summed E-state index contributed by atoms with van der Waals surface area (Å²) >= 11 is 0. The summed E-state index contributed by atoms with van der Waals surface area (Å²) < 4.78 is 7.87. The van der Waals surface area contributed by atoms with Gasteiger partial charge in [-0.05, 0) is 38.2 Å². The highest BCUT2D eigenvalue weighted by Gasteiger charge is 2.21. The third-order valence-electron chi connectivity index (χ3n) is 4.61. The molecule has 0 aromatic carbocycles. The van der Waals surface area contributed by atoms with Crippen LogP contribution in [0, 0.1) is 12.3 Å². The van der Waals surface area contributed by atoms with Crippen molar-refractivity contribution >= 4 is 22.4 Å². The predicted octanol–water partition coefficient (Wildman–Crippen LogP) is 2.89. The number of nitrogen functional groups attached to an aromatic ring is 1. The fraction of sp³-hybridized carbons (Fsp3) is 0.474. The van der Waals surface area contributed by atoms with Crippen molar-refractivity contribution in [3.63, 3.8) is 0 Å².